The van der Waals surface area contributed by atoms with E-state index in [4.69, 9.17) is 4.42 Å². The number of hydrogen-bond acceptors (Lipinski definition) is 5. The Morgan fingerprint density at radius 2 is 1.37 bits per heavy atom. The van der Waals surface area contributed by atoms with Crippen LogP contribution in [0, 0.1) is 10.1 Å². The zero-order valence-corrected chi connectivity index (χ0v) is 19.1. The van der Waals surface area contributed by atoms with Crippen molar-refractivity contribution in [3.8, 4) is 22.6 Å². The molecule has 0 bridgehead atoms. The molecule has 0 saturated heterocycles. The van der Waals surface area contributed by atoms with Crippen LogP contribution in [0.3, 0.4) is 0 Å². The van der Waals surface area contributed by atoms with Gasteiger partial charge < -0.3 is 16.8 Å². The van der Waals surface area contributed by atoms with Gasteiger partial charge in [-0.2, -0.15) is 4.57 Å². The van der Waals surface area contributed by atoms with Crippen LogP contribution in [0.4, 0.5) is 5.69 Å². The SMILES string of the molecule is O=[N+]([O-])c1ccc(-c2nnc(/C(=C/c3ccc(-c4ccccc4)cc3)[n+]3ccccc3)o2)cc1.[Cl-]. The number of nitro groups is 1. The first-order valence-corrected chi connectivity index (χ1v) is 10.6. The number of pyridine rings is 1. The largest absolute Gasteiger partial charge is 1.00 e. The maximum absolute atomic E-state index is 10.9. The molecule has 172 valence electrons. The molecule has 3 aromatic carbocycles. The molecule has 0 aliphatic rings. The summed E-state index contributed by atoms with van der Waals surface area (Å²) in [5.41, 5.74) is 4.57. The van der Waals surface area contributed by atoms with E-state index in [9.17, 15) is 10.1 Å². The predicted octanol–water partition coefficient (Wildman–Crippen LogP) is 2.65. The van der Waals surface area contributed by atoms with E-state index in [0.717, 1.165) is 16.7 Å². The summed E-state index contributed by atoms with van der Waals surface area (Å²) >= 11 is 0. The van der Waals surface area contributed by atoms with Crippen molar-refractivity contribution in [2.45, 2.75) is 0 Å². The number of nitro benzene ring substituents is 1. The van der Waals surface area contributed by atoms with Crippen LogP contribution in [-0.2, 0) is 0 Å². The summed E-state index contributed by atoms with van der Waals surface area (Å²) in [5, 5.41) is 19.3. The van der Waals surface area contributed by atoms with Crippen molar-refractivity contribution in [3.05, 3.63) is 131 Å². The van der Waals surface area contributed by atoms with Gasteiger partial charge in [0.15, 0.2) is 12.4 Å². The maximum atomic E-state index is 10.9. The lowest BCUT2D eigenvalue weighted by Crippen LogP contribution is -3.00. The Balaban J connectivity index is 0.00000289. The quantitative estimate of drug-likeness (QED) is 0.211. The maximum Gasteiger partial charge on any atom is 0.314 e. The zero-order valence-electron chi connectivity index (χ0n) is 18.4. The zero-order chi connectivity index (χ0) is 23.3. The van der Waals surface area contributed by atoms with E-state index in [1.165, 1.54) is 12.1 Å². The first-order valence-electron chi connectivity index (χ1n) is 10.6. The molecule has 0 unspecified atom stereocenters. The molecule has 2 heterocycles. The van der Waals surface area contributed by atoms with Crippen LogP contribution in [0.15, 0.2) is 114 Å². The average molecular weight is 483 g/mol. The topological polar surface area (TPSA) is 85.9 Å². The molecule has 0 saturated carbocycles. The lowest BCUT2D eigenvalue weighted by Gasteiger charge is -2.02. The Morgan fingerprint density at radius 3 is 2.03 bits per heavy atom. The van der Waals surface area contributed by atoms with E-state index in [0.29, 0.717) is 17.2 Å². The third-order valence-corrected chi connectivity index (χ3v) is 5.28. The van der Waals surface area contributed by atoms with Gasteiger partial charge in [-0.3, -0.25) is 10.1 Å². The monoisotopic (exact) mass is 482 g/mol. The molecule has 0 atom stereocenters. The molecule has 2 aromatic heterocycles. The Hall–Kier alpha value is -4.62. The van der Waals surface area contributed by atoms with Gasteiger partial charge in [0.2, 0.25) is 5.89 Å². The fourth-order valence-corrected chi connectivity index (χ4v) is 3.54. The number of rotatable bonds is 6. The van der Waals surface area contributed by atoms with Crippen molar-refractivity contribution in [1.29, 1.82) is 0 Å². The summed E-state index contributed by atoms with van der Waals surface area (Å²) in [6.45, 7) is 0. The van der Waals surface area contributed by atoms with Crippen molar-refractivity contribution >= 4 is 17.5 Å². The van der Waals surface area contributed by atoms with Crippen molar-refractivity contribution in [2.24, 2.45) is 0 Å². The molecule has 0 amide bonds. The van der Waals surface area contributed by atoms with Crippen LogP contribution in [0.1, 0.15) is 11.5 Å². The molecular formula is C27H19ClN4O3. The van der Waals surface area contributed by atoms with Crippen molar-refractivity contribution in [2.75, 3.05) is 0 Å². The van der Waals surface area contributed by atoms with Crippen LogP contribution in [0.5, 0.6) is 0 Å². The van der Waals surface area contributed by atoms with Gasteiger partial charge in [-0.05, 0) is 28.8 Å². The normalized spacial score (nSPS) is 11.0. The Kier molecular flexibility index (Phi) is 7.09. The first kappa shape index (κ1) is 23.5. The standard InChI is InChI=1S/C27H19N4O3.ClH/c32-31(33)24-15-13-23(14-16-24)26-28-29-27(34-26)25(30-17-5-2-6-18-30)19-20-9-11-22(12-10-20)21-7-3-1-4-8-21;/h1-19H;1H/q+1;/p-1/b25-19-;. The van der Waals surface area contributed by atoms with Gasteiger partial charge in [-0.25, -0.2) is 0 Å². The summed E-state index contributed by atoms with van der Waals surface area (Å²) in [6, 6.07) is 30.2. The van der Waals surface area contributed by atoms with Crippen LogP contribution >= 0.6 is 0 Å². The number of non-ortho nitro benzene ring substituents is 1. The molecular weight excluding hydrogens is 464 g/mol. The molecule has 7 nitrogen and oxygen atoms in total. The Bertz CT molecular complexity index is 1450. The van der Waals surface area contributed by atoms with Crippen molar-refractivity contribution in [3.63, 3.8) is 0 Å². The molecule has 0 aliphatic carbocycles. The number of aromatic nitrogens is 3. The lowest BCUT2D eigenvalue weighted by molar-refractivity contribution is -0.579. The smallest absolute Gasteiger partial charge is 0.314 e. The fourth-order valence-electron chi connectivity index (χ4n) is 3.54. The second-order valence-electron chi connectivity index (χ2n) is 7.52. The number of nitrogens with zero attached hydrogens (tertiary/aromatic N) is 4. The summed E-state index contributed by atoms with van der Waals surface area (Å²) < 4.78 is 7.87. The Morgan fingerprint density at radius 1 is 0.771 bits per heavy atom. The highest BCUT2D eigenvalue weighted by Gasteiger charge is 2.21. The molecule has 0 aliphatic heterocycles. The molecule has 35 heavy (non-hydrogen) atoms. The Labute approximate surface area is 207 Å². The van der Waals surface area contributed by atoms with E-state index >= 15 is 0 Å². The summed E-state index contributed by atoms with van der Waals surface area (Å²) in [4.78, 5) is 10.5. The van der Waals surface area contributed by atoms with E-state index in [-0.39, 0.29) is 24.0 Å². The average Bonchev–Trinajstić information content (AvgIpc) is 3.39. The second kappa shape index (κ2) is 10.5. The molecule has 0 N–H and O–H groups in total. The van der Waals surface area contributed by atoms with Gasteiger partial charge >= 0.3 is 5.89 Å². The number of hydrogen-bond donors (Lipinski definition) is 0. The number of halogens is 1. The summed E-state index contributed by atoms with van der Waals surface area (Å²) in [6.07, 6.45) is 5.78. The van der Waals surface area contributed by atoms with E-state index in [1.807, 2.05) is 71.6 Å². The first-order chi connectivity index (χ1) is 16.7. The lowest BCUT2D eigenvalue weighted by atomic mass is 10.0. The minimum absolute atomic E-state index is 0. The van der Waals surface area contributed by atoms with Crippen molar-refractivity contribution < 1.29 is 26.3 Å². The highest BCUT2D eigenvalue weighted by molar-refractivity contribution is 5.74. The predicted molar refractivity (Wildman–Crippen MR) is 128 cm³/mol. The fraction of sp³-hybridized carbons (Fsp3) is 0. The summed E-state index contributed by atoms with van der Waals surface area (Å²) in [5.74, 6) is 0.614. The summed E-state index contributed by atoms with van der Waals surface area (Å²) in [7, 11) is 0. The van der Waals surface area contributed by atoms with E-state index in [1.54, 1.807) is 12.1 Å². The van der Waals surface area contributed by atoms with Gasteiger partial charge in [0.05, 0.1) is 4.92 Å². The molecule has 5 aromatic rings. The minimum atomic E-state index is -0.445. The van der Waals surface area contributed by atoms with Gasteiger partial charge in [0.25, 0.3) is 11.4 Å². The number of benzene rings is 3. The molecule has 0 spiro atoms. The van der Waals surface area contributed by atoms with Gasteiger partial charge in [0.1, 0.15) is 0 Å². The molecule has 8 heteroatoms. The van der Waals surface area contributed by atoms with Crippen LogP contribution < -0.4 is 17.0 Å². The molecule has 0 fully saturated rings. The highest BCUT2D eigenvalue weighted by Crippen LogP contribution is 2.25. The van der Waals surface area contributed by atoms with Crippen LogP contribution in [0.2, 0.25) is 0 Å². The van der Waals surface area contributed by atoms with E-state index in [2.05, 4.69) is 34.5 Å². The van der Waals surface area contributed by atoms with Crippen LogP contribution in [0.25, 0.3) is 34.4 Å². The highest BCUT2D eigenvalue weighted by atomic mass is 35.5. The van der Waals surface area contributed by atoms with Gasteiger partial charge in [-0.1, -0.05) is 60.7 Å². The third-order valence-electron chi connectivity index (χ3n) is 5.28. The second-order valence-corrected chi connectivity index (χ2v) is 7.52. The molecule has 5 rings (SSSR count). The minimum Gasteiger partial charge on any atom is -1.00 e. The third kappa shape index (κ3) is 5.31. The molecule has 0 radical (unpaired) electrons. The van der Waals surface area contributed by atoms with Gasteiger partial charge in [0, 0.05) is 35.9 Å². The van der Waals surface area contributed by atoms with Crippen molar-refractivity contribution in [1.82, 2.24) is 10.2 Å². The van der Waals surface area contributed by atoms with E-state index < -0.39 is 4.92 Å². The van der Waals surface area contributed by atoms with Gasteiger partial charge in [-0.15, -0.1) is 10.2 Å². The van der Waals surface area contributed by atoms with Crippen LogP contribution in [-0.4, -0.2) is 15.1 Å².